The minimum absolute atomic E-state index is 0.0420. The van der Waals surface area contributed by atoms with E-state index >= 15 is 0 Å². The minimum atomic E-state index is 0.0420. The van der Waals surface area contributed by atoms with E-state index in [4.69, 9.17) is 4.74 Å². The largest absolute Gasteiger partial charge is 0.508 e. The Labute approximate surface area is 147 Å². The summed E-state index contributed by atoms with van der Waals surface area (Å²) in [5.41, 5.74) is 4.90. The molecule has 2 aliphatic heterocycles. The number of aryl methyl sites for hydroxylation is 1. The van der Waals surface area contributed by atoms with Gasteiger partial charge in [0, 0.05) is 27.9 Å². The van der Waals surface area contributed by atoms with Gasteiger partial charge in [0.25, 0.3) is 0 Å². The first-order chi connectivity index (χ1) is 12.0. The molecule has 0 saturated heterocycles. The molecule has 1 aromatic heterocycles. The smallest absolute Gasteiger partial charge is 0.125 e. The molecule has 2 bridgehead atoms. The van der Waals surface area contributed by atoms with Crippen molar-refractivity contribution < 1.29 is 9.84 Å². The highest BCUT2D eigenvalue weighted by Gasteiger charge is 2.50. The second kappa shape index (κ2) is 4.14. The van der Waals surface area contributed by atoms with Crippen LogP contribution in [0.4, 0.5) is 0 Å². The summed E-state index contributed by atoms with van der Waals surface area (Å²) in [6, 6.07) is 8.52. The SMILES string of the molecule is Cc1cc2c3ccc4c5c3n(c2cc1O)C(C)(C)[C@H]1CC[C@H](CC51)O4. The van der Waals surface area contributed by atoms with Crippen molar-refractivity contribution in [3.8, 4) is 11.5 Å². The lowest BCUT2D eigenvalue weighted by molar-refractivity contribution is 0.0407. The molecule has 3 aliphatic rings. The molecule has 0 amide bonds. The third kappa shape index (κ3) is 1.49. The van der Waals surface area contributed by atoms with Crippen LogP contribution in [0.15, 0.2) is 24.3 Å². The molecule has 3 heterocycles. The molecule has 3 atom stereocenters. The number of benzene rings is 2. The average molecular weight is 333 g/mol. The molecule has 25 heavy (non-hydrogen) atoms. The topological polar surface area (TPSA) is 34.4 Å². The quantitative estimate of drug-likeness (QED) is 0.613. The van der Waals surface area contributed by atoms with Crippen LogP contribution in [0.1, 0.15) is 50.2 Å². The van der Waals surface area contributed by atoms with Gasteiger partial charge >= 0.3 is 0 Å². The Morgan fingerprint density at radius 2 is 2.00 bits per heavy atom. The van der Waals surface area contributed by atoms with Gasteiger partial charge in [0.15, 0.2) is 0 Å². The summed E-state index contributed by atoms with van der Waals surface area (Å²) in [5, 5.41) is 12.9. The van der Waals surface area contributed by atoms with Crippen LogP contribution in [-0.2, 0) is 5.54 Å². The number of nitrogens with zero attached hydrogens (tertiary/aromatic N) is 1. The van der Waals surface area contributed by atoms with Crippen molar-refractivity contribution in [3.63, 3.8) is 0 Å². The first-order valence-corrected chi connectivity index (χ1v) is 9.44. The first kappa shape index (κ1) is 14.1. The van der Waals surface area contributed by atoms with E-state index in [9.17, 15) is 5.11 Å². The number of hydrogen-bond acceptors (Lipinski definition) is 2. The number of aromatic nitrogens is 1. The van der Waals surface area contributed by atoms with Crippen LogP contribution in [-0.4, -0.2) is 15.8 Å². The molecule has 1 fully saturated rings. The van der Waals surface area contributed by atoms with Crippen molar-refractivity contribution in [2.24, 2.45) is 5.92 Å². The van der Waals surface area contributed by atoms with Gasteiger partial charge < -0.3 is 14.4 Å². The van der Waals surface area contributed by atoms with Gasteiger partial charge in [-0.25, -0.2) is 0 Å². The Morgan fingerprint density at radius 3 is 2.84 bits per heavy atom. The standard InChI is InChI=1S/C22H23NO2/c1-11-8-14-13-5-7-19-20-15-9-12(25-19)4-6-16(15)22(2,3)23(21(13)20)17(14)10-18(11)24/h5,7-8,10,12,15-16,24H,4,6,9H2,1-3H3/t12-,15?,16+/m1/s1. The second-order valence-electron chi connectivity index (χ2n) is 8.78. The summed E-state index contributed by atoms with van der Waals surface area (Å²) < 4.78 is 8.84. The number of ether oxygens (including phenoxy) is 1. The molecule has 1 unspecified atom stereocenters. The van der Waals surface area contributed by atoms with Crippen molar-refractivity contribution in [1.82, 2.24) is 4.57 Å². The van der Waals surface area contributed by atoms with Crippen molar-refractivity contribution in [1.29, 1.82) is 0 Å². The van der Waals surface area contributed by atoms with Crippen LogP contribution >= 0.6 is 0 Å². The summed E-state index contributed by atoms with van der Waals surface area (Å²) in [7, 11) is 0. The van der Waals surface area contributed by atoms with Crippen molar-refractivity contribution in [3.05, 3.63) is 35.4 Å². The van der Waals surface area contributed by atoms with E-state index in [1.54, 1.807) is 0 Å². The highest BCUT2D eigenvalue weighted by Crippen LogP contribution is 2.59. The third-order valence-corrected chi connectivity index (χ3v) is 7.20. The molecular formula is C22H23NO2. The van der Waals surface area contributed by atoms with Crippen LogP contribution in [0.2, 0.25) is 0 Å². The zero-order valence-corrected chi connectivity index (χ0v) is 15.0. The summed E-state index contributed by atoms with van der Waals surface area (Å²) in [4.78, 5) is 0. The molecule has 128 valence electrons. The molecular weight excluding hydrogens is 310 g/mol. The van der Waals surface area contributed by atoms with E-state index in [0.717, 1.165) is 29.7 Å². The Hall–Kier alpha value is -2.16. The molecule has 0 radical (unpaired) electrons. The molecule has 0 spiro atoms. The van der Waals surface area contributed by atoms with Gasteiger partial charge in [0.1, 0.15) is 11.5 Å². The van der Waals surface area contributed by atoms with Gasteiger partial charge in [-0.05, 0) is 75.6 Å². The predicted molar refractivity (Wildman–Crippen MR) is 99.7 cm³/mol. The van der Waals surface area contributed by atoms with Gasteiger partial charge in [-0.15, -0.1) is 0 Å². The van der Waals surface area contributed by atoms with Crippen LogP contribution in [0.25, 0.3) is 21.8 Å². The van der Waals surface area contributed by atoms with E-state index in [1.807, 2.05) is 13.0 Å². The Morgan fingerprint density at radius 1 is 1.16 bits per heavy atom. The maximum absolute atomic E-state index is 10.4. The number of phenols is 1. The fourth-order valence-electron chi connectivity index (χ4n) is 6.06. The van der Waals surface area contributed by atoms with E-state index in [0.29, 0.717) is 23.7 Å². The summed E-state index contributed by atoms with van der Waals surface area (Å²) >= 11 is 0. The number of hydrogen-bond donors (Lipinski definition) is 1. The van der Waals surface area contributed by atoms with E-state index in [1.165, 1.54) is 28.3 Å². The summed E-state index contributed by atoms with van der Waals surface area (Å²) in [6.45, 7) is 6.76. The Balaban J connectivity index is 1.87. The first-order valence-electron chi connectivity index (χ1n) is 9.44. The molecule has 6 rings (SSSR count). The Bertz CT molecular complexity index is 1070. The van der Waals surface area contributed by atoms with Crippen molar-refractivity contribution in [2.75, 3.05) is 0 Å². The molecule has 1 N–H and O–H groups in total. The van der Waals surface area contributed by atoms with Crippen LogP contribution in [0.3, 0.4) is 0 Å². The minimum Gasteiger partial charge on any atom is -0.508 e. The maximum Gasteiger partial charge on any atom is 0.125 e. The Kier molecular flexibility index (Phi) is 2.33. The number of fused-ring (bicyclic) bond motifs is 4. The second-order valence-corrected chi connectivity index (χ2v) is 8.78. The van der Waals surface area contributed by atoms with Gasteiger partial charge in [-0.2, -0.15) is 0 Å². The molecule has 2 aromatic carbocycles. The van der Waals surface area contributed by atoms with Crippen LogP contribution < -0.4 is 4.74 Å². The number of rotatable bonds is 0. The van der Waals surface area contributed by atoms with Gasteiger partial charge in [-0.3, -0.25) is 0 Å². The average Bonchev–Trinajstić information content (AvgIpc) is 2.89. The lowest BCUT2D eigenvalue weighted by Crippen LogP contribution is -2.48. The fraction of sp³-hybridized carbons (Fsp3) is 0.455. The lowest BCUT2D eigenvalue weighted by Gasteiger charge is -2.52. The zero-order valence-electron chi connectivity index (χ0n) is 15.0. The van der Waals surface area contributed by atoms with Crippen molar-refractivity contribution in [2.45, 2.75) is 57.6 Å². The fourth-order valence-corrected chi connectivity index (χ4v) is 6.06. The predicted octanol–water partition coefficient (Wildman–Crippen LogP) is 5.20. The molecule has 3 aromatic rings. The normalized spacial score (nSPS) is 28.5. The summed E-state index contributed by atoms with van der Waals surface area (Å²) in [5.74, 6) is 2.72. The van der Waals surface area contributed by atoms with E-state index < -0.39 is 0 Å². The highest BCUT2D eigenvalue weighted by molar-refractivity contribution is 6.11. The third-order valence-electron chi connectivity index (χ3n) is 7.20. The molecule has 3 heteroatoms. The highest BCUT2D eigenvalue weighted by atomic mass is 16.5. The molecule has 3 nitrogen and oxygen atoms in total. The summed E-state index contributed by atoms with van der Waals surface area (Å²) in [6.07, 6.45) is 3.92. The zero-order chi connectivity index (χ0) is 17.1. The van der Waals surface area contributed by atoms with E-state index in [-0.39, 0.29) is 5.54 Å². The maximum atomic E-state index is 10.4. The molecule has 1 saturated carbocycles. The van der Waals surface area contributed by atoms with Gasteiger partial charge in [0.2, 0.25) is 0 Å². The van der Waals surface area contributed by atoms with Crippen LogP contribution in [0.5, 0.6) is 11.5 Å². The van der Waals surface area contributed by atoms with Gasteiger partial charge in [-0.1, -0.05) is 0 Å². The van der Waals surface area contributed by atoms with Crippen LogP contribution in [0, 0.1) is 12.8 Å². The lowest BCUT2D eigenvalue weighted by atomic mass is 9.63. The number of phenolic OH excluding ortho intramolecular Hbond substituents is 1. The molecule has 1 aliphatic carbocycles. The van der Waals surface area contributed by atoms with Gasteiger partial charge in [0.05, 0.1) is 17.1 Å². The van der Waals surface area contributed by atoms with Crippen molar-refractivity contribution >= 4 is 21.8 Å². The monoisotopic (exact) mass is 333 g/mol. The number of aromatic hydroxyl groups is 1. The van der Waals surface area contributed by atoms with E-state index in [2.05, 4.69) is 36.6 Å².